The van der Waals surface area contributed by atoms with E-state index < -0.39 is 0 Å². The lowest BCUT2D eigenvalue weighted by Gasteiger charge is -2.10. The maximum absolute atomic E-state index is 6.08. The molecule has 0 aliphatic heterocycles. The molecule has 0 atom stereocenters. The van der Waals surface area contributed by atoms with E-state index in [1.165, 1.54) is 5.56 Å². The molecular formula is C17H13Cl2N2. The van der Waals surface area contributed by atoms with Crippen LogP contribution in [0.5, 0.6) is 0 Å². The molecule has 3 rings (SSSR count). The van der Waals surface area contributed by atoms with Crippen molar-refractivity contribution in [2.75, 3.05) is 0 Å². The van der Waals surface area contributed by atoms with E-state index in [-0.39, 0.29) is 0 Å². The van der Waals surface area contributed by atoms with Crippen LogP contribution in [0.15, 0.2) is 55.1 Å². The first-order valence-electron chi connectivity index (χ1n) is 6.60. The summed E-state index contributed by atoms with van der Waals surface area (Å²) in [4.78, 5) is 4.07. The van der Waals surface area contributed by atoms with Gasteiger partial charge in [0, 0.05) is 18.9 Å². The average molecular weight is 316 g/mol. The molecule has 1 radical (unpaired) electrons. The van der Waals surface area contributed by atoms with Crippen molar-refractivity contribution in [1.29, 1.82) is 0 Å². The second-order valence-electron chi connectivity index (χ2n) is 4.83. The number of hydrogen-bond donors (Lipinski definition) is 0. The van der Waals surface area contributed by atoms with Crippen molar-refractivity contribution in [1.82, 2.24) is 9.55 Å². The molecule has 0 saturated carbocycles. The van der Waals surface area contributed by atoms with Crippen LogP contribution in [0.3, 0.4) is 0 Å². The van der Waals surface area contributed by atoms with E-state index in [1.807, 2.05) is 47.4 Å². The molecule has 2 nitrogen and oxygen atoms in total. The van der Waals surface area contributed by atoms with Gasteiger partial charge in [0.05, 0.1) is 16.4 Å². The Kier molecular flexibility index (Phi) is 4.28. The molecule has 1 heterocycles. The fourth-order valence-electron chi connectivity index (χ4n) is 2.25. The van der Waals surface area contributed by atoms with Crippen molar-refractivity contribution in [3.63, 3.8) is 0 Å². The zero-order valence-corrected chi connectivity index (χ0v) is 12.8. The zero-order valence-electron chi connectivity index (χ0n) is 11.3. The highest BCUT2D eigenvalue weighted by Crippen LogP contribution is 2.24. The SMILES string of the molecule is Clc1ccc(Cc2ccc[c]c2Cn2ccnc2)cc1Cl. The van der Waals surface area contributed by atoms with Gasteiger partial charge in [0.2, 0.25) is 0 Å². The average Bonchev–Trinajstić information content (AvgIpc) is 2.98. The predicted octanol–water partition coefficient (Wildman–Crippen LogP) is 4.63. The lowest BCUT2D eigenvalue weighted by molar-refractivity contribution is 0.787. The first-order valence-corrected chi connectivity index (χ1v) is 7.36. The third-order valence-corrected chi connectivity index (χ3v) is 4.06. The topological polar surface area (TPSA) is 17.8 Å². The summed E-state index contributed by atoms with van der Waals surface area (Å²) in [5, 5.41) is 1.17. The summed E-state index contributed by atoms with van der Waals surface area (Å²) in [6.45, 7) is 0.761. The number of aromatic nitrogens is 2. The zero-order chi connectivity index (χ0) is 14.7. The number of imidazole rings is 1. The first-order chi connectivity index (χ1) is 10.2. The molecule has 0 amide bonds. The van der Waals surface area contributed by atoms with E-state index in [0.717, 1.165) is 24.1 Å². The lowest BCUT2D eigenvalue weighted by Crippen LogP contribution is -2.02. The highest BCUT2D eigenvalue weighted by atomic mass is 35.5. The Morgan fingerprint density at radius 3 is 2.81 bits per heavy atom. The summed E-state index contributed by atoms with van der Waals surface area (Å²) >= 11 is 12.0. The summed E-state index contributed by atoms with van der Waals surface area (Å²) in [6.07, 6.45) is 6.34. The number of rotatable bonds is 4. The molecule has 0 aliphatic carbocycles. The predicted molar refractivity (Wildman–Crippen MR) is 85.9 cm³/mol. The van der Waals surface area contributed by atoms with Crippen LogP contribution in [0.1, 0.15) is 16.7 Å². The minimum absolute atomic E-state index is 0.582. The molecule has 4 heteroatoms. The molecule has 0 unspecified atom stereocenters. The van der Waals surface area contributed by atoms with Gasteiger partial charge in [-0.3, -0.25) is 0 Å². The minimum atomic E-state index is 0.582. The van der Waals surface area contributed by atoms with E-state index in [1.54, 1.807) is 6.20 Å². The Morgan fingerprint density at radius 1 is 1.14 bits per heavy atom. The maximum atomic E-state index is 6.08. The maximum Gasteiger partial charge on any atom is 0.0949 e. The van der Waals surface area contributed by atoms with E-state index in [9.17, 15) is 0 Å². The van der Waals surface area contributed by atoms with Crippen molar-refractivity contribution in [2.45, 2.75) is 13.0 Å². The van der Waals surface area contributed by atoms with Crippen LogP contribution in [-0.2, 0) is 13.0 Å². The van der Waals surface area contributed by atoms with Crippen LogP contribution in [0.4, 0.5) is 0 Å². The Labute approximate surface area is 134 Å². The van der Waals surface area contributed by atoms with Crippen molar-refractivity contribution < 1.29 is 0 Å². The van der Waals surface area contributed by atoms with Crippen LogP contribution in [0.2, 0.25) is 10.0 Å². The summed E-state index contributed by atoms with van der Waals surface area (Å²) in [5.74, 6) is 0. The highest BCUT2D eigenvalue weighted by molar-refractivity contribution is 6.42. The summed E-state index contributed by atoms with van der Waals surface area (Å²) in [6, 6.07) is 15.1. The van der Waals surface area contributed by atoms with Crippen LogP contribution in [0.25, 0.3) is 0 Å². The molecule has 105 valence electrons. The largest absolute Gasteiger partial charge is 0.333 e. The number of benzene rings is 2. The molecule has 0 N–H and O–H groups in total. The molecule has 21 heavy (non-hydrogen) atoms. The summed E-state index contributed by atoms with van der Waals surface area (Å²) in [7, 11) is 0. The van der Waals surface area contributed by atoms with Gasteiger partial charge in [-0.2, -0.15) is 0 Å². The van der Waals surface area contributed by atoms with E-state index in [4.69, 9.17) is 23.2 Å². The first kappa shape index (κ1) is 14.2. The highest BCUT2D eigenvalue weighted by Gasteiger charge is 2.06. The van der Waals surface area contributed by atoms with Gasteiger partial charge in [-0.15, -0.1) is 0 Å². The Balaban J connectivity index is 1.86. The molecule has 0 aliphatic rings. The van der Waals surface area contributed by atoms with Gasteiger partial charge in [0.15, 0.2) is 0 Å². The molecule has 0 fully saturated rings. The summed E-state index contributed by atoms with van der Waals surface area (Å²) < 4.78 is 2.03. The standard InChI is InChI=1S/C17H13Cl2N2/c18-16-6-5-13(10-17(16)19)9-14-3-1-2-4-15(14)11-21-8-7-20-12-21/h1-3,5-8,10,12H,9,11H2. The second kappa shape index (κ2) is 6.33. The van der Waals surface area contributed by atoms with E-state index >= 15 is 0 Å². The fourth-order valence-corrected chi connectivity index (χ4v) is 2.57. The van der Waals surface area contributed by atoms with Gasteiger partial charge in [0.1, 0.15) is 0 Å². The van der Waals surface area contributed by atoms with Gasteiger partial charge in [-0.1, -0.05) is 47.5 Å². The third kappa shape index (κ3) is 3.46. The normalized spacial score (nSPS) is 10.8. The van der Waals surface area contributed by atoms with Crippen molar-refractivity contribution in [2.24, 2.45) is 0 Å². The number of hydrogen-bond acceptors (Lipinski definition) is 1. The fraction of sp³-hybridized carbons (Fsp3) is 0.118. The Bertz CT molecular complexity index is 736. The number of nitrogens with zero attached hydrogens (tertiary/aromatic N) is 2. The number of halogens is 2. The van der Waals surface area contributed by atoms with Gasteiger partial charge in [0.25, 0.3) is 0 Å². The van der Waals surface area contributed by atoms with Crippen LogP contribution in [-0.4, -0.2) is 9.55 Å². The molecule has 2 aromatic carbocycles. The van der Waals surface area contributed by atoms with Gasteiger partial charge in [-0.25, -0.2) is 4.98 Å². The van der Waals surface area contributed by atoms with Crippen LogP contribution >= 0.6 is 23.2 Å². The Hall–Kier alpha value is -1.77. The third-order valence-electron chi connectivity index (χ3n) is 3.32. The smallest absolute Gasteiger partial charge is 0.0949 e. The minimum Gasteiger partial charge on any atom is -0.333 e. The van der Waals surface area contributed by atoms with E-state index in [2.05, 4.69) is 17.1 Å². The molecule has 0 saturated heterocycles. The summed E-state index contributed by atoms with van der Waals surface area (Å²) in [5.41, 5.74) is 3.52. The molecular weight excluding hydrogens is 303 g/mol. The second-order valence-corrected chi connectivity index (χ2v) is 5.65. The molecule has 0 spiro atoms. The molecule has 1 aromatic heterocycles. The van der Waals surface area contributed by atoms with Crippen molar-refractivity contribution in [3.8, 4) is 0 Å². The van der Waals surface area contributed by atoms with Crippen molar-refractivity contribution >= 4 is 23.2 Å². The van der Waals surface area contributed by atoms with E-state index in [0.29, 0.717) is 10.0 Å². The molecule has 3 aromatic rings. The molecule has 0 bridgehead atoms. The van der Waals surface area contributed by atoms with Gasteiger partial charge in [-0.05, 0) is 41.3 Å². The lowest BCUT2D eigenvalue weighted by atomic mass is 10.00. The van der Waals surface area contributed by atoms with Gasteiger partial charge < -0.3 is 4.57 Å². The quantitative estimate of drug-likeness (QED) is 0.686. The van der Waals surface area contributed by atoms with Crippen LogP contribution in [0, 0.1) is 6.07 Å². The van der Waals surface area contributed by atoms with Crippen LogP contribution < -0.4 is 0 Å². The monoisotopic (exact) mass is 315 g/mol. The van der Waals surface area contributed by atoms with Crippen molar-refractivity contribution in [3.05, 3.63) is 87.9 Å². The van der Waals surface area contributed by atoms with Gasteiger partial charge >= 0.3 is 0 Å². The Morgan fingerprint density at radius 2 is 2.05 bits per heavy atom.